The van der Waals surface area contributed by atoms with E-state index in [4.69, 9.17) is 5.11 Å². The molecule has 94 valence electrons. The van der Waals surface area contributed by atoms with Crippen molar-refractivity contribution >= 4 is 21.9 Å². The number of nitrogens with zero attached hydrogens (tertiary/aromatic N) is 2. The molecule has 1 aromatic carbocycles. The van der Waals surface area contributed by atoms with E-state index < -0.39 is 17.6 Å². The standard InChI is InChI=1S/C11H7BrF2N2O2/c1-16-10(4-9(15-16)11(17)18)5-2-7(13)8(14)3-6(5)12/h2-4H,1H3,(H,17,18). The Morgan fingerprint density at radius 3 is 2.50 bits per heavy atom. The first-order chi connectivity index (χ1) is 8.40. The van der Waals surface area contributed by atoms with Crippen molar-refractivity contribution < 1.29 is 18.7 Å². The Balaban J connectivity index is 2.62. The molecule has 0 saturated heterocycles. The summed E-state index contributed by atoms with van der Waals surface area (Å²) >= 11 is 3.10. The fraction of sp³-hybridized carbons (Fsp3) is 0.0909. The Kier molecular flexibility index (Phi) is 3.16. The lowest BCUT2D eigenvalue weighted by Gasteiger charge is -2.05. The van der Waals surface area contributed by atoms with Gasteiger partial charge >= 0.3 is 5.97 Å². The van der Waals surface area contributed by atoms with Crippen molar-refractivity contribution in [3.8, 4) is 11.3 Å². The normalized spacial score (nSPS) is 10.7. The van der Waals surface area contributed by atoms with E-state index in [0.29, 0.717) is 15.7 Å². The van der Waals surface area contributed by atoms with Crippen LogP contribution in [-0.4, -0.2) is 20.9 Å². The second-order valence-corrected chi connectivity index (χ2v) is 4.44. The van der Waals surface area contributed by atoms with E-state index in [1.54, 1.807) is 0 Å². The Bertz CT molecular complexity index is 640. The van der Waals surface area contributed by atoms with Crippen LogP contribution in [0.25, 0.3) is 11.3 Å². The van der Waals surface area contributed by atoms with Gasteiger partial charge in [-0.2, -0.15) is 5.10 Å². The maximum absolute atomic E-state index is 13.2. The van der Waals surface area contributed by atoms with Gasteiger partial charge in [0.15, 0.2) is 17.3 Å². The number of carboxylic acids is 1. The van der Waals surface area contributed by atoms with E-state index in [0.717, 1.165) is 12.1 Å². The van der Waals surface area contributed by atoms with Crippen molar-refractivity contribution in [3.05, 3.63) is 40.0 Å². The first-order valence-electron chi connectivity index (χ1n) is 4.82. The molecular formula is C11H7BrF2N2O2. The highest BCUT2D eigenvalue weighted by Crippen LogP contribution is 2.30. The molecule has 0 atom stereocenters. The van der Waals surface area contributed by atoms with Crippen molar-refractivity contribution in [2.45, 2.75) is 0 Å². The summed E-state index contributed by atoms with van der Waals surface area (Å²) in [7, 11) is 1.52. The second kappa shape index (κ2) is 4.49. The van der Waals surface area contributed by atoms with Gasteiger partial charge < -0.3 is 5.11 Å². The van der Waals surface area contributed by atoms with Gasteiger partial charge in [-0.15, -0.1) is 0 Å². The summed E-state index contributed by atoms with van der Waals surface area (Å²) in [5.41, 5.74) is 0.540. The number of carbonyl (C=O) groups is 1. The third kappa shape index (κ3) is 2.13. The van der Waals surface area contributed by atoms with E-state index in [1.807, 2.05) is 0 Å². The average molecular weight is 317 g/mol. The topological polar surface area (TPSA) is 55.1 Å². The highest BCUT2D eigenvalue weighted by Gasteiger charge is 2.16. The van der Waals surface area contributed by atoms with Crippen LogP contribution in [0.15, 0.2) is 22.7 Å². The smallest absolute Gasteiger partial charge is 0.356 e. The zero-order chi connectivity index (χ0) is 13.4. The highest BCUT2D eigenvalue weighted by molar-refractivity contribution is 9.10. The summed E-state index contributed by atoms with van der Waals surface area (Å²) in [5.74, 6) is -3.17. The van der Waals surface area contributed by atoms with Crippen LogP contribution in [0, 0.1) is 11.6 Å². The molecule has 0 fully saturated rings. The van der Waals surface area contributed by atoms with Crippen molar-refractivity contribution in [2.24, 2.45) is 7.05 Å². The molecule has 0 unspecified atom stereocenters. The van der Waals surface area contributed by atoms with Crippen LogP contribution in [-0.2, 0) is 7.05 Å². The molecule has 1 heterocycles. The average Bonchev–Trinajstić information content (AvgIpc) is 2.66. The predicted molar refractivity (Wildman–Crippen MR) is 63.2 cm³/mol. The molecule has 0 amide bonds. The van der Waals surface area contributed by atoms with Gasteiger partial charge in [0, 0.05) is 17.1 Å². The number of hydrogen-bond donors (Lipinski definition) is 1. The lowest BCUT2D eigenvalue weighted by Crippen LogP contribution is -1.99. The summed E-state index contributed by atoms with van der Waals surface area (Å²) in [6.45, 7) is 0. The first kappa shape index (κ1) is 12.7. The monoisotopic (exact) mass is 316 g/mol. The van der Waals surface area contributed by atoms with Gasteiger partial charge in [0.1, 0.15) is 0 Å². The molecule has 18 heavy (non-hydrogen) atoms. The maximum atomic E-state index is 13.2. The highest BCUT2D eigenvalue weighted by atomic mass is 79.9. The Morgan fingerprint density at radius 2 is 1.94 bits per heavy atom. The van der Waals surface area contributed by atoms with E-state index in [2.05, 4.69) is 21.0 Å². The van der Waals surface area contributed by atoms with E-state index in [9.17, 15) is 13.6 Å². The summed E-state index contributed by atoms with van der Waals surface area (Å²) in [4.78, 5) is 10.8. The Labute approximate surface area is 109 Å². The molecular weight excluding hydrogens is 310 g/mol. The van der Waals surface area contributed by atoms with Crippen LogP contribution in [0.2, 0.25) is 0 Å². The van der Waals surface area contributed by atoms with Gasteiger partial charge in [-0.05, 0) is 34.1 Å². The van der Waals surface area contributed by atoms with Crippen LogP contribution in [0.1, 0.15) is 10.5 Å². The number of aryl methyl sites for hydroxylation is 1. The lowest BCUT2D eigenvalue weighted by atomic mass is 10.1. The quantitative estimate of drug-likeness (QED) is 0.867. The minimum absolute atomic E-state index is 0.163. The van der Waals surface area contributed by atoms with Gasteiger partial charge in [0.25, 0.3) is 0 Å². The summed E-state index contributed by atoms with van der Waals surface area (Å²) in [5, 5.41) is 12.6. The SMILES string of the molecule is Cn1nc(C(=O)O)cc1-c1cc(F)c(F)cc1Br. The van der Waals surface area contributed by atoms with Crippen LogP contribution in [0.5, 0.6) is 0 Å². The fourth-order valence-corrected chi connectivity index (χ4v) is 2.06. The van der Waals surface area contributed by atoms with Gasteiger partial charge in [0.05, 0.1) is 5.69 Å². The van der Waals surface area contributed by atoms with Crippen molar-refractivity contribution in [1.29, 1.82) is 0 Å². The molecule has 0 bridgehead atoms. The molecule has 0 aliphatic rings. The molecule has 0 saturated carbocycles. The molecule has 1 aromatic heterocycles. The minimum Gasteiger partial charge on any atom is -0.476 e. The van der Waals surface area contributed by atoms with Crippen LogP contribution < -0.4 is 0 Å². The predicted octanol–water partition coefficient (Wildman–Crippen LogP) is 2.83. The van der Waals surface area contributed by atoms with Crippen molar-refractivity contribution in [1.82, 2.24) is 9.78 Å². The number of rotatable bonds is 2. The van der Waals surface area contributed by atoms with Crippen LogP contribution in [0.4, 0.5) is 8.78 Å². The number of aromatic carboxylic acids is 1. The molecule has 0 radical (unpaired) electrons. The van der Waals surface area contributed by atoms with Gasteiger partial charge in [0.2, 0.25) is 0 Å². The molecule has 0 spiro atoms. The molecule has 0 aliphatic heterocycles. The van der Waals surface area contributed by atoms with Gasteiger partial charge in [-0.1, -0.05) is 0 Å². The number of carboxylic acid groups (broad SMARTS) is 1. The van der Waals surface area contributed by atoms with Gasteiger partial charge in [-0.25, -0.2) is 13.6 Å². The lowest BCUT2D eigenvalue weighted by molar-refractivity contribution is 0.0689. The fourth-order valence-electron chi connectivity index (χ4n) is 1.54. The second-order valence-electron chi connectivity index (χ2n) is 3.59. The largest absolute Gasteiger partial charge is 0.476 e. The molecule has 4 nitrogen and oxygen atoms in total. The van der Waals surface area contributed by atoms with E-state index >= 15 is 0 Å². The van der Waals surface area contributed by atoms with Crippen LogP contribution >= 0.6 is 15.9 Å². The van der Waals surface area contributed by atoms with E-state index in [1.165, 1.54) is 17.8 Å². The molecule has 1 N–H and O–H groups in total. The zero-order valence-corrected chi connectivity index (χ0v) is 10.7. The first-order valence-corrected chi connectivity index (χ1v) is 5.61. The maximum Gasteiger partial charge on any atom is 0.356 e. The Hall–Kier alpha value is -1.76. The summed E-state index contributed by atoms with van der Waals surface area (Å²) in [6.07, 6.45) is 0. The number of benzene rings is 1. The summed E-state index contributed by atoms with van der Waals surface area (Å²) < 4.78 is 27.8. The van der Waals surface area contributed by atoms with E-state index in [-0.39, 0.29) is 5.69 Å². The zero-order valence-electron chi connectivity index (χ0n) is 9.12. The third-order valence-electron chi connectivity index (χ3n) is 2.38. The molecule has 2 aromatic rings. The number of aromatic nitrogens is 2. The van der Waals surface area contributed by atoms with Crippen LogP contribution in [0.3, 0.4) is 0 Å². The molecule has 2 rings (SSSR count). The molecule has 0 aliphatic carbocycles. The molecule has 7 heteroatoms. The van der Waals surface area contributed by atoms with Gasteiger partial charge in [-0.3, -0.25) is 4.68 Å². The number of hydrogen-bond acceptors (Lipinski definition) is 2. The third-order valence-corrected chi connectivity index (χ3v) is 3.04. The van der Waals surface area contributed by atoms with Crippen molar-refractivity contribution in [2.75, 3.05) is 0 Å². The minimum atomic E-state index is -1.18. The summed E-state index contributed by atoms with van der Waals surface area (Å²) in [6, 6.07) is 3.26. The van der Waals surface area contributed by atoms with Crippen molar-refractivity contribution in [3.63, 3.8) is 0 Å². The Morgan fingerprint density at radius 1 is 1.33 bits per heavy atom. The number of halogens is 3.